The zero-order valence-electron chi connectivity index (χ0n) is 14.4. The second-order valence-electron chi connectivity index (χ2n) is 6.09. The minimum atomic E-state index is -1.04. The summed E-state index contributed by atoms with van der Waals surface area (Å²) in [6, 6.07) is 3.23. The molecule has 0 aromatic carbocycles. The fourth-order valence-corrected chi connectivity index (χ4v) is 2.86. The van der Waals surface area contributed by atoms with E-state index in [1.165, 1.54) is 17.7 Å². The van der Waals surface area contributed by atoms with E-state index < -0.39 is 5.54 Å². The van der Waals surface area contributed by atoms with Gasteiger partial charge in [-0.05, 0) is 38.6 Å². The van der Waals surface area contributed by atoms with Crippen molar-refractivity contribution in [2.24, 2.45) is 0 Å². The third kappa shape index (κ3) is 4.19. The summed E-state index contributed by atoms with van der Waals surface area (Å²) in [5, 5.41) is 11.7. The molecule has 0 saturated carbocycles. The van der Waals surface area contributed by atoms with Crippen LogP contribution in [0.2, 0.25) is 0 Å². The van der Waals surface area contributed by atoms with E-state index in [-0.39, 0.29) is 17.9 Å². The van der Waals surface area contributed by atoms with Crippen molar-refractivity contribution in [3.05, 3.63) is 34.5 Å². The number of nitrogens with zero attached hydrogens (tertiary/aromatic N) is 3. The molecule has 1 atom stereocenters. The van der Waals surface area contributed by atoms with Crippen molar-refractivity contribution in [3.63, 3.8) is 0 Å². The lowest BCUT2D eigenvalue weighted by Gasteiger charge is -2.26. The van der Waals surface area contributed by atoms with E-state index in [1.807, 2.05) is 12.3 Å². The van der Waals surface area contributed by atoms with E-state index in [1.54, 1.807) is 30.7 Å². The number of aryl methyl sites for hydroxylation is 1. The molecule has 0 spiro atoms. The summed E-state index contributed by atoms with van der Waals surface area (Å²) in [6.07, 6.45) is 2.41. The van der Waals surface area contributed by atoms with Gasteiger partial charge in [-0.15, -0.1) is 11.3 Å². The molecule has 8 heteroatoms. The van der Waals surface area contributed by atoms with Gasteiger partial charge in [0.15, 0.2) is 0 Å². The van der Waals surface area contributed by atoms with Crippen LogP contribution in [0.15, 0.2) is 23.8 Å². The maximum absolute atomic E-state index is 12.6. The average molecular weight is 349 g/mol. The number of carbonyl (C=O) groups is 2. The van der Waals surface area contributed by atoms with Gasteiger partial charge >= 0.3 is 0 Å². The van der Waals surface area contributed by atoms with Gasteiger partial charge in [-0.3, -0.25) is 9.59 Å². The van der Waals surface area contributed by atoms with Crippen LogP contribution in [0.3, 0.4) is 0 Å². The Morgan fingerprint density at radius 1 is 1.42 bits per heavy atom. The fraction of sp³-hybridized carbons (Fsp3) is 0.500. The highest BCUT2D eigenvalue weighted by Crippen LogP contribution is 2.14. The topological polar surface area (TPSA) is 88.9 Å². The maximum atomic E-state index is 12.6. The molecule has 24 heavy (non-hydrogen) atoms. The molecule has 2 amide bonds. The number of rotatable bonds is 7. The van der Waals surface area contributed by atoms with Gasteiger partial charge in [0, 0.05) is 6.54 Å². The van der Waals surface area contributed by atoms with Gasteiger partial charge in [0.25, 0.3) is 5.91 Å². The molecule has 2 N–H and O–H groups in total. The molecule has 2 heterocycles. The zero-order chi connectivity index (χ0) is 17.7. The molecule has 0 aliphatic rings. The monoisotopic (exact) mass is 349 g/mol. The van der Waals surface area contributed by atoms with Crippen molar-refractivity contribution in [2.75, 3.05) is 0 Å². The molecule has 0 bridgehead atoms. The summed E-state index contributed by atoms with van der Waals surface area (Å²) in [5.74, 6) is 0.170. The summed E-state index contributed by atoms with van der Waals surface area (Å²) in [7, 11) is 0. The Morgan fingerprint density at radius 2 is 2.17 bits per heavy atom. The second kappa shape index (κ2) is 7.57. The molecule has 0 aliphatic carbocycles. The number of carbonyl (C=O) groups excluding carboxylic acids is 2. The first kappa shape index (κ1) is 18.1. The lowest BCUT2D eigenvalue weighted by Crippen LogP contribution is -2.55. The summed E-state index contributed by atoms with van der Waals surface area (Å²) in [4.78, 5) is 29.5. The molecule has 0 saturated heterocycles. The number of aromatic nitrogens is 3. The molecule has 2 aromatic heterocycles. The van der Waals surface area contributed by atoms with Crippen LogP contribution >= 0.6 is 11.3 Å². The molecule has 2 aromatic rings. The molecule has 0 aliphatic heterocycles. The Morgan fingerprint density at radius 3 is 2.79 bits per heavy atom. The number of hydrogen-bond acceptors (Lipinski definition) is 5. The Kier molecular flexibility index (Phi) is 5.71. The van der Waals surface area contributed by atoms with Gasteiger partial charge in [0.05, 0.1) is 10.9 Å². The Labute approximate surface area is 145 Å². The third-order valence-electron chi connectivity index (χ3n) is 3.55. The van der Waals surface area contributed by atoms with Crippen LogP contribution in [0.4, 0.5) is 0 Å². The first-order valence-corrected chi connectivity index (χ1v) is 8.77. The van der Waals surface area contributed by atoms with Gasteiger partial charge in [-0.2, -0.15) is 5.10 Å². The number of amides is 2. The average Bonchev–Trinajstić information content (AvgIpc) is 3.18. The van der Waals surface area contributed by atoms with Crippen LogP contribution in [0.1, 0.15) is 55.7 Å². The molecular weight excluding hydrogens is 326 g/mol. The van der Waals surface area contributed by atoms with Crippen molar-refractivity contribution in [1.82, 2.24) is 25.4 Å². The molecular formula is C16H23N5O2S. The number of hydrogen-bond donors (Lipinski definition) is 2. The predicted octanol–water partition coefficient (Wildman–Crippen LogP) is 2.14. The minimum Gasteiger partial charge on any atom is -0.344 e. The lowest BCUT2D eigenvalue weighted by atomic mass is 10.0. The van der Waals surface area contributed by atoms with Crippen molar-refractivity contribution < 1.29 is 9.59 Å². The first-order chi connectivity index (χ1) is 11.3. The van der Waals surface area contributed by atoms with Crippen molar-refractivity contribution in [3.8, 4) is 0 Å². The standard InChI is InChI=1S/C16H23N5O2S/c1-5-8-21-13(17-10-18-21)11(2)19-15(23)16(3,4)20-14(22)12-7-6-9-24-12/h6-7,9-11H,5,8H2,1-4H3,(H,19,23)(H,20,22). The van der Waals surface area contributed by atoms with E-state index in [9.17, 15) is 9.59 Å². The Bertz CT molecular complexity index is 693. The zero-order valence-corrected chi connectivity index (χ0v) is 15.2. The van der Waals surface area contributed by atoms with Crippen molar-refractivity contribution >= 4 is 23.2 Å². The molecule has 130 valence electrons. The van der Waals surface area contributed by atoms with Crippen LogP contribution in [0, 0.1) is 0 Å². The minimum absolute atomic E-state index is 0.257. The predicted molar refractivity (Wildman–Crippen MR) is 92.7 cm³/mol. The Hall–Kier alpha value is -2.22. The molecule has 2 rings (SSSR count). The summed E-state index contributed by atoms with van der Waals surface area (Å²) in [5.41, 5.74) is -1.04. The van der Waals surface area contributed by atoms with Crippen molar-refractivity contribution in [2.45, 2.75) is 52.2 Å². The van der Waals surface area contributed by atoms with Gasteiger partial charge in [-0.25, -0.2) is 9.67 Å². The van der Waals surface area contributed by atoms with Crippen LogP contribution in [-0.4, -0.2) is 32.1 Å². The van der Waals surface area contributed by atoms with Gasteiger partial charge in [-0.1, -0.05) is 13.0 Å². The highest BCUT2D eigenvalue weighted by atomic mass is 32.1. The highest BCUT2D eigenvalue weighted by molar-refractivity contribution is 7.12. The summed E-state index contributed by atoms with van der Waals surface area (Å²) < 4.78 is 1.78. The van der Waals surface area contributed by atoms with Crippen LogP contribution in [0.25, 0.3) is 0 Å². The third-order valence-corrected chi connectivity index (χ3v) is 4.42. The molecule has 7 nitrogen and oxygen atoms in total. The largest absolute Gasteiger partial charge is 0.344 e. The van der Waals surface area contributed by atoms with Crippen LogP contribution < -0.4 is 10.6 Å². The van der Waals surface area contributed by atoms with Gasteiger partial charge in [0.1, 0.15) is 17.7 Å². The van der Waals surface area contributed by atoms with E-state index in [0.717, 1.165) is 13.0 Å². The Balaban J connectivity index is 2.01. The number of thiophene rings is 1. The normalized spacial score (nSPS) is 12.7. The fourth-order valence-electron chi connectivity index (χ4n) is 2.24. The van der Waals surface area contributed by atoms with E-state index >= 15 is 0 Å². The van der Waals surface area contributed by atoms with Crippen molar-refractivity contribution in [1.29, 1.82) is 0 Å². The van der Waals surface area contributed by atoms with E-state index in [0.29, 0.717) is 10.7 Å². The number of nitrogens with one attached hydrogen (secondary N) is 2. The smallest absolute Gasteiger partial charge is 0.262 e. The van der Waals surface area contributed by atoms with Gasteiger partial charge < -0.3 is 10.6 Å². The molecule has 0 fully saturated rings. The first-order valence-electron chi connectivity index (χ1n) is 7.90. The summed E-state index contributed by atoms with van der Waals surface area (Å²) in [6.45, 7) is 8.01. The molecule has 0 radical (unpaired) electrons. The van der Waals surface area contributed by atoms with Crippen LogP contribution in [-0.2, 0) is 11.3 Å². The lowest BCUT2D eigenvalue weighted by molar-refractivity contribution is -0.126. The maximum Gasteiger partial charge on any atom is 0.262 e. The van der Waals surface area contributed by atoms with Crippen LogP contribution in [0.5, 0.6) is 0 Å². The second-order valence-corrected chi connectivity index (χ2v) is 7.04. The summed E-state index contributed by atoms with van der Waals surface area (Å²) >= 11 is 1.34. The van der Waals surface area contributed by atoms with E-state index in [4.69, 9.17) is 0 Å². The van der Waals surface area contributed by atoms with Gasteiger partial charge in [0.2, 0.25) is 5.91 Å². The molecule has 1 unspecified atom stereocenters. The SMILES string of the molecule is CCCn1ncnc1C(C)NC(=O)C(C)(C)NC(=O)c1cccs1. The van der Waals surface area contributed by atoms with E-state index in [2.05, 4.69) is 27.6 Å². The quantitative estimate of drug-likeness (QED) is 0.801. The highest BCUT2D eigenvalue weighted by Gasteiger charge is 2.31.